The molecule has 1 amide bonds. The van der Waals surface area contributed by atoms with Crippen LogP contribution in [0.15, 0.2) is 47.9 Å². The molecule has 0 aliphatic carbocycles. The molecule has 0 atom stereocenters. The SMILES string of the molecule is CN(Cc1ccc(Cl)s1)C(=O)CN(C)S(=O)(=O)/C=C/c1ccccc1. The van der Waals surface area contributed by atoms with E-state index in [2.05, 4.69) is 0 Å². The van der Waals surface area contributed by atoms with Crippen LogP contribution in [0.2, 0.25) is 4.34 Å². The third-order valence-electron chi connectivity index (χ3n) is 3.47. The van der Waals surface area contributed by atoms with Crippen molar-refractivity contribution in [2.45, 2.75) is 6.54 Å². The number of sulfonamides is 1. The molecule has 8 heteroatoms. The molecular weight excluding hydrogens is 380 g/mol. The van der Waals surface area contributed by atoms with E-state index in [0.717, 1.165) is 20.2 Å². The van der Waals surface area contributed by atoms with Crippen LogP contribution in [-0.2, 0) is 21.4 Å². The summed E-state index contributed by atoms with van der Waals surface area (Å²) in [6, 6.07) is 12.7. The number of carbonyl (C=O) groups is 1. The summed E-state index contributed by atoms with van der Waals surface area (Å²) in [7, 11) is -0.647. The zero-order chi connectivity index (χ0) is 18.4. The molecule has 1 aromatic heterocycles. The highest BCUT2D eigenvalue weighted by Gasteiger charge is 2.20. The van der Waals surface area contributed by atoms with E-state index in [1.165, 1.54) is 29.4 Å². The molecule has 0 radical (unpaired) electrons. The van der Waals surface area contributed by atoms with Crippen LogP contribution in [0.3, 0.4) is 0 Å². The highest BCUT2D eigenvalue weighted by Crippen LogP contribution is 2.22. The smallest absolute Gasteiger partial charge is 0.237 e. The minimum absolute atomic E-state index is 0.225. The van der Waals surface area contributed by atoms with Crippen LogP contribution in [0.4, 0.5) is 0 Å². The molecule has 0 saturated carbocycles. The van der Waals surface area contributed by atoms with Gasteiger partial charge >= 0.3 is 0 Å². The molecule has 1 heterocycles. The average Bonchev–Trinajstić information content (AvgIpc) is 2.98. The number of halogens is 1. The zero-order valence-electron chi connectivity index (χ0n) is 13.9. The lowest BCUT2D eigenvalue weighted by atomic mass is 10.2. The van der Waals surface area contributed by atoms with Crippen LogP contribution < -0.4 is 0 Å². The van der Waals surface area contributed by atoms with Gasteiger partial charge in [0.15, 0.2) is 0 Å². The number of nitrogens with zero attached hydrogens (tertiary/aromatic N) is 2. The number of likely N-dealkylation sites (N-methyl/N-ethyl adjacent to an activating group) is 2. The molecule has 2 aromatic rings. The van der Waals surface area contributed by atoms with Gasteiger partial charge in [-0.25, -0.2) is 8.42 Å². The molecule has 0 aliphatic heterocycles. The molecule has 25 heavy (non-hydrogen) atoms. The summed E-state index contributed by atoms with van der Waals surface area (Å²) in [4.78, 5) is 14.7. The van der Waals surface area contributed by atoms with E-state index in [4.69, 9.17) is 11.6 Å². The predicted octanol–water partition coefficient (Wildman–Crippen LogP) is 3.29. The number of benzene rings is 1. The Hall–Kier alpha value is -1.67. The van der Waals surface area contributed by atoms with Crippen molar-refractivity contribution in [2.24, 2.45) is 0 Å². The van der Waals surface area contributed by atoms with Gasteiger partial charge in [0.05, 0.1) is 17.4 Å². The number of carbonyl (C=O) groups excluding carboxylic acids is 1. The minimum Gasteiger partial charge on any atom is -0.339 e. The Labute approximate surface area is 157 Å². The highest BCUT2D eigenvalue weighted by molar-refractivity contribution is 7.92. The average molecular weight is 399 g/mol. The number of hydrogen-bond acceptors (Lipinski definition) is 4. The molecule has 2 rings (SSSR count). The number of rotatable bonds is 7. The van der Waals surface area contributed by atoms with Crippen molar-refractivity contribution in [3.05, 3.63) is 62.6 Å². The first-order valence-electron chi connectivity index (χ1n) is 7.45. The molecule has 1 aromatic carbocycles. The van der Waals surface area contributed by atoms with Crippen molar-refractivity contribution in [2.75, 3.05) is 20.6 Å². The van der Waals surface area contributed by atoms with Gasteiger partial charge in [-0.05, 0) is 23.8 Å². The Kier molecular flexibility index (Phi) is 6.78. The van der Waals surface area contributed by atoms with E-state index in [1.807, 2.05) is 24.3 Å². The maximum absolute atomic E-state index is 12.3. The quantitative estimate of drug-likeness (QED) is 0.719. The van der Waals surface area contributed by atoms with Crippen molar-refractivity contribution in [3.8, 4) is 0 Å². The predicted molar refractivity (Wildman–Crippen MR) is 103 cm³/mol. The van der Waals surface area contributed by atoms with Gasteiger partial charge in [-0.1, -0.05) is 41.9 Å². The van der Waals surface area contributed by atoms with Crippen LogP contribution in [0.1, 0.15) is 10.4 Å². The first-order chi connectivity index (χ1) is 11.8. The fourth-order valence-electron chi connectivity index (χ4n) is 1.99. The molecule has 0 bridgehead atoms. The van der Waals surface area contributed by atoms with Gasteiger partial charge in [0.2, 0.25) is 15.9 Å². The number of hydrogen-bond donors (Lipinski definition) is 0. The molecular formula is C17H19ClN2O3S2. The lowest BCUT2D eigenvalue weighted by Crippen LogP contribution is -2.38. The van der Waals surface area contributed by atoms with Crippen LogP contribution >= 0.6 is 22.9 Å². The van der Waals surface area contributed by atoms with Crippen LogP contribution in [0.5, 0.6) is 0 Å². The van der Waals surface area contributed by atoms with Gasteiger partial charge in [-0.2, -0.15) is 4.31 Å². The van der Waals surface area contributed by atoms with E-state index < -0.39 is 10.0 Å². The fourth-order valence-corrected chi connectivity index (χ4v) is 3.96. The topological polar surface area (TPSA) is 57.7 Å². The highest BCUT2D eigenvalue weighted by atomic mass is 35.5. The third-order valence-corrected chi connectivity index (χ3v) is 6.17. The minimum atomic E-state index is -3.67. The normalized spacial score (nSPS) is 12.0. The molecule has 0 aliphatic rings. The third kappa shape index (κ3) is 5.97. The fraction of sp³-hybridized carbons (Fsp3) is 0.235. The Morgan fingerprint density at radius 3 is 2.44 bits per heavy atom. The van der Waals surface area contributed by atoms with Crippen molar-refractivity contribution in [1.29, 1.82) is 0 Å². The molecule has 0 fully saturated rings. The largest absolute Gasteiger partial charge is 0.339 e. The van der Waals surface area contributed by atoms with E-state index in [-0.39, 0.29) is 12.5 Å². The molecule has 134 valence electrons. The summed E-state index contributed by atoms with van der Waals surface area (Å²) in [6.45, 7) is 0.168. The summed E-state index contributed by atoms with van der Waals surface area (Å²) in [5.41, 5.74) is 0.775. The monoisotopic (exact) mass is 398 g/mol. The summed E-state index contributed by atoms with van der Waals surface area (Å²) in [5.74, 6) is -0.288. The van der Waals surface area contributed by atoms with E-state index >= 15 is 0 Å². The van der Waals surface area contributed by atoms with Crippen molar-refractivity contribution >= 4 is 44.9 Å². The zero-order valence-corrected chi connectivity index (χ0v) is 16.3. The maximum atomic E-state index is 12.3. The van der Waals surface area contributed by atoms with Gasteiger partial charge < -0.3 is 4.90 Å². The molecule has 0 N–H and O–H groups in total. The van der Waals surface area contributed by atoms with E-state index in [9.17, 15) is 13.2 Å². The van der Waals surface area contributed by atoms with Crippen molar-refractivity contribution in [3.63, 3.8) is 0 Å². The molecule has 0 unspecified atom stereocenters. The van der Waals surface area contributed by atoms with Crippen molar-refractivity contribution < 1.29 is 13.2 Å². The summed E-state index contributed by atoms with van der Waals surface area (Å²) in [6.07, 6.45) is 1.51. The van der Waals surface area contributed by atoms with Crippen molar-refractivity contribution in [1.82, 2.24) is 9.21 Å². The van der Waals surface area contributed by atoms with E-state index in [1.54, 1.807) is 25.2 Å². The van der Waals surface area contributed by atoms with Gasteiger partial charge in [-0.3, -0.25) is 4.79 Å². The second-order valence-electron chi connectivity index (χ2n) is 5.47. The second-order valence-corrected chi connectivity index (χ2v) is 9.20. The summed E-state index contributed by atoms with van der Waals surface area (Å²) < 4.78 is 26.2. The van der Waals surface area contributed by atoms with Crippen LogP contribution in [0.25, 0.3) is 6.08 Å². The lowest BCUT2D eigenvalue weighted by Gasteiger charge is -2.20. The lowest BCUT2D eigenvalue weighted by molar-refractivity contribution is -0.130. The van der Waals surface area contributed by atoms with E-state index in [0.29, 0.717) is 10.9 Å². The van der Waals surface area contributed by atoms with Gasteiger partial charge in [-0.15, -0.1) is 11.3 Å². The van der Waals surface area contributed by atoms with Crippen LogP contribution in [0, 0.1) is 0 Å². The first-order valence-corrected chi connectivity index (χ1v) is 10.2. The second kappa shape index (κ2) is 8.62. The van der Waals surface area contributed by atoms with Gasteiger partial charge in [0, 0.05) is 24.4 Å². The number of thiophene rings is 1. The molecule has 5 nitrogen and oxygen atoms in total. The van der Waals surface area contributed by atoms with Gasteiger partial charge in [0.25, 0.3) is 0 Å². The standard InChI is InChI=1S/C17H19ClN2O3S2/c1-19(12-15-8-9-16(18)24-15)17(21)13-20(2)25(22,23)11-10-14-6-4-3-5-7-14/h3-11H,12-13H2,1-2H3/b11-10+. The van der Waals surface area contributed by atoms with Crippen LogP contribution in [-0.4, -0.2) is 44.2 Å². The Morgan fingerprint density at radius 1 is 1.16 bits per heavy atom. The Balaban J connectivity index is 1.95. The summed E-state index contributed by atoms with van der Waals surface area (Å²) in [5, 5.41) is 1.11. The molecule has 0 spiro atoms. The maximum Gasteiger partial charge on any atom is 0.237 e. The van der Waals surface area contributed by atoms with Gasteiger partial charge in [0.1, 0.15) is 0 Å². The first kappa shape index (κ1) is 19.7. The Morgan fingerprint density at radius 2 is 1.84 bits per heavy atom. The molecule has 0 saturated heterocycles. The Bertz CT molecular complexity index is 848. The summed E-state index contributed by atoms with van der Waals surface area (Å²) >= 11 is 7.26. The number of amides is 1.